The fourth-order valence-electron chi connectivity index (χ4n) is 2.06. The quantitative estimate of drug-likeness (QED) is 0.587. The number of nitrogens with zero attached hydrogens (tertiary/aromatic N) is 1. The van der Waals surface area contributed by atoms with Crippen molar-refractivity contribution >= 4 is 5.69 Å². The van der Waals surface area contributed by atoms with Gasteiger partial charge in [0.15, 0.2) is 0 Å². The monoisotopic (exact) mass is 280 g/mol. The summed E-state index contributed by atoms with van der Waals surface area (Å²) in [5.41, 5.74) is 2.04. The van der Waals surface area contributed by atoms with Gasteiger partial charge in [-0.05, 0) is 24.3 Å². The molecule has 1 N–H and O–H groups in total. The SMILES string of the molecule is COCCC(C)(C)CNCc1cccc([N+](=O)[O-])c1C. The zero-order valence-electron chi connectivity index (χ0n) is 12.7. The Morgan fingerprint density at radius 3 is 2.70 bits per heavy atom. The zero-order chi connectivity index (χ0) is 15.2. The Hall–Kier alpha value is -1.46. The molecular formula is C15H24N2O3. The van der Waals surface area contributed by atoms with E-state index in [1.54, 1.807) is 26.2 Å². The second-order valence-electron chi connectivity index (χ2n) is 5.83. The molecule has 0 bridgehead atoms. The topological polar surface area (TPSA) is 64.4 Å². The van der Waals surface area contributed by atoms with Gasteiger partial charge in [0.1, 0.15) is 0 Å². The van der Waals surface area contributed by atoms with Crippen molar-refractivity contribution in [1.29, 1.82) is 0 Å². The van der Waals surface area contributed by atoms with Crippen LogP contribution in [0.15, 0.2) is 18.2 Å². The molecule has 5 heteroatoms. The molecule has 0 spiro atoms. The Morgan fingerprint density at radius 2 is 2.10 bits per heavy atom. The van der Waals surface area contributed by atoms with E-state index in [-0.39, 0.29) is 16.0 Å². The van der Waals surface area contributed by atoms with Crippen LogP contribution in [0, 0.1) is 22.5 Å². The molecule has 1 rings (SSSR count). The molecule has 0 atom stereocenters. The molecule has 0 amide bonds. The van der Waals surface area contributed by atoms with Gasteiger partial charge in [0.25, 0.3) is 5.69 Å². The first-order valence-electron chi connectivity index (χ1n) is 6.80. The standard InChI is InChI=1S/C15H24N2O3/c1-12-13(6-5-7-14(12)17(18)19)10-16-11-15(2,3)8-9-20-4/h5-7,16H,8-11H2,1-4H3. The van der Waals surface area contributed by atoms with Crippen LogP contribution >= 0.6 is 0 Å². The summed E-state index contributed by atoms with van der Waals surface area (Å²) >= 11 is 0. The van der Waals surface area contributed by atoms with Crippen LogP contribution in [0.3, 0.4) is 0 Å². The van der Waals surface area contributed by atoms with Crippen molar-refractivity contribution in [3.63, 3.8) is 0 Å². The average Bonchev–Trinajstić information content (AvgIpc) is 2.38. The largest absolute Gasteiger partial charge is 0.385 e. The maximum atomic E-state index is 10.9. The second-order valence-corrected chi connectivity index (χ2v) is 5.83. The van der Waals surface area contributed by atoms with Crippen LogP contribution in [0.1, 0.15) is 31.4 Å². The third-order valence-corrected chi connectivity index (χ3v) is 3.52. The smallest absolute Gasteiger partial charge is 0.272 e. The number of hydrogen-bond acceptors (Lipinski definition) is 4. The van der Waals surface area contributed by atoms with E-state index in [2.05, 4.69) is 19.2 Å². The summed E-state index contributed by atoms with van der Waals surface area (Å²) in [5, 5.41) is 14.3. The van der Waals surface area contributed by atoms with E-state index >= 15 is 0 Å². The molecular weight excluding hydrogens is 256 g/mol. The maximum absolute atomic E-state index is 10.9. The predicted octanol–water partition coefficient (Wildman–Crippen LogP) is 3.06. The van der Waals surface area contributed by atoms with Crippen LogP contribution < -0.4 is 5.32 Å². The van der Waals surface area contributed by atoms with Crippen molar-refractivity contribution in [1.82, 2.24) is 5.32 Å². The van der Waals surface area contributed by atoms with Gasteiger partial charge in [0, 0.05) is 38.4 Å². The molecule has 0 unspecified atom stereocenters. The lowest BCUT2D eigenvalue weighted by Gasteiger charge is -2.24. The van der Waals surface area contributed by atoms with Gasteiger partial charge >= 0.3 is 0 Å². The summed E-state index contributed by atoms with van der Waals surface area (Å²) in [4.78, 5) is 10.6. The maximum Gasteiger partial charge on any atom is 0.272 e. The number of hydrogen-bond donors (Lipinski definition) is 1. The summed E-state index contributed by atoms with van der Waals surface area (Å²) < 4.78 is 5.10. The molecule has 0 aliphatic carbocycles. The number of nitrogens with one attached hydrogen (secondary N) is 1. The number of methoxy groups -OCH3 is 1. The lowest BCUT2D eigenvalue weighted by atomic mass is 9.89. The number of nitro groups is 1. The average molecular weight is 280 g/mol. The Morgan fingerprint density at radius 1 is 1.40 bits per heavy atom. The van der Waals surface area contributed by atoms with Crippen molar-refractivity contribution in [2.75, 3.05) is 20.3 Å². The van der Waals surface area contributed by atoms with Crippen LogP contribution in [0.5, 0.6) is 0 Å². The highest BCUT2D eigenvalue weighted by atomic mass is 16.6. The molecule has 0 fully saturated rings. The first-order chi connectivity index (χ1) is 9.37. The van der Waals surface area contributed by atoms with E-state index in [1.807, 2.05) is 6.07 Å². The molecule has 1 aromatic carbocycles. The first-order valence-corrected chi connectivity index (χ1v) is 6.80. The summed E-state index contributed by atoms with van der Waals surface area (Å²) in [6, 6.07) is 5.21. The van der Waals surface area contributed by atoms with Gasteiger partial charge in [-0.15, -0.1) is 0 Å². The molecule has 5 nitrogen and oxygen atoms in total. The fourth-order valence-corrected chi connectivity index (χ4v) is 2.06. The number of benzene rings is 1. The van der Waals surface area contributed by atoms with E-state index in [4.69, 9.17) is 4.74 Å². The van der Waals surface area contributed by atoms with E-state index in [0.29, 0.717) is 6.54 Å². The van der Waals surface area contributed by atoms with E-state index in [9.17, 15) is 10.1 Å². The molecule has 0 aliphatic rings. The molecule has 0 aromatic heterocycles. The van der Waals surface area contributed by atoms with Gasteiger partial charge in [0.2, 0.25) is 0 Å². The van der Waals surface area contributed by atoms with E-state index < -0.39 is 0 Å². The Labute approximate surface area is 120 Å². The molecule has 0 saturated heterocycles. The van der Waals surface area contributed by atoms with Gasteiger partial charge < -0.3 is 10.1 Å². The van der Waals surface area contributed by atoms with Crippen molar-refractivity contribution < 1.29 is 9.66 Å². The summed E-state index contributed by atoms with van der Waals surface area (Å²) in [5.74, 6) is 0. The Balaban J connectivity index is 2.58. The normalized spacial score (nSPS) is 11.6. The molecule has 0 aliphatic heterocycles. The van der Waals surface area contributed by atoms with Crippen LogP contribution in [0.25, 0.3) is 0 Å². The van der Waals surface area contributed by atoms with Gasteiger partial charge in [0.05, 0.1) is 4.92 Å². The van der Waals surface area contributed by atoms with E-state index in [1.165, 1.54) is 0 Å². The van der Waals surface area contributed by atoms with Crippen molar-refractivity contribution in [3.8, 4) is 0 Å². The number of nitro benzene ring substituents is 1. The van der Waals surface area contributed by atoms with Crippen molar-refractivity contribution in [2.45, 2.75) is 33.7 Å². The molecule has 0 heterocycles. The van der Waals surface area contributed by atoms with Crippen LogP contribution in [-0.4, -0.2) is 25.2 Å². The highest BCUT2D eigenvalue weighted by Gasteiger charge is 2.18. The number of ether oxygens (including phenoxy) is 1. The second kappa shape index (κ2) is 7.36. The summed E-state index contributed by atoms with van der Waals surface area (Å²) in [6.45, 7) is 8.39. The Kier molecular flexibility index (Phi) is 6.10. The molecule has 20 heavy (non-hydrogen) atoms. The molecule has 0 radical (unpaired) electrons. The minimum absolute atomic E-state index is 0.143. The van der Waals surface area contributed by atoms with Crippen molar-refractivity contribution in [3.05, 3.63) is 39.4 Å². The van der Waals surface area contributed by atoms with Gasteiger partial charge in [-0.1, -0.05) is 26.0 Å². The van der Waals surface area contributed by atoms with Crippen molar-refractivity contribution in [2.24, 2.45) is 5.41 Å². The third kappa shape index (κ3) is 4.90. The number of rotatable bonds is 8. The molecule has 1 aromatic rings. The fraction of sp³-hybridized carbons (Fsp3) is 0.600. The predicted molar refractivity (Wildman–Crippen MR) is 79.8 cm³/mol. The molecule has 112 valence electrons. The minimum atomic E-state index is -0.332. The van der Waals surface area contributed by atoms with Gasteiger partial charge in [-0.3, -0.25) is 10.1 Å². The first kappa shape index (κ1) is 16.6. The van der Waals surface area contributed by atoms with E-state index in [0.717, 1.165) is 30.7 Å². The third-order valence-electron chi connectivity index (χ3n) is 3.52. The Bertz CT molecular complexity index is 458. The zero-order valence-corrected chi connectivity index (χ0v) is 12.7. The summed E-state index contributed by atoms with van der Waals surface area (Å²) in [6.07, 6.45) is 0.977. The highest BCUT2D eigenvalue weighted by Crippen LogP contribution is 2.22. The summed E-state index contributed by atoms with van der Waals surface area (Å²) in [7, 11) is 1.70. The lowest BCUT2D eigenvalue weighted by Crippen LogP contribution is -2.30. The van der Waals surface area contributed by atoms with Gasteiger partial charge in [-0.2, -0.15) is 0 Å². The minimum Gasteiger partial charge on any atom is -0.385 e. The van der Waals surface area contributed by atoms with Crippen LogP contribution in [-0.2, 0) is 11.3 Å². The van der Waals surface area contributed by atoms with Crippen LogP contribution in [0.4, 0.5) is 5.69 Å². The van der Waals surface area contributed by atoms with Crippen LogP contribution in [0.2, 0.25) is 0 Å². The van der Waals surface area contributed by atoms with Gasteiger partial charge in [-0.25, -0.2) is 0 Å². The molecule has 0 saturated carbocycles. The highest BCUT2D eigenvalue weighted by molar-refractivity contribution is 5.44. The lowest BCUT2D eigenvalue weighted by molar-refractivity contribution is -0.385.